The van der Waals surface area contributed by atoms with Crippen molar-refractivity contribution in [2.45, 2.75) is 12.6 Å². The lowest BCUT2D eigenvalue weighted by molar-refractivity contribution is -0.139. The fraction of sp³-hybridized carbons (Fsp3) is 0.375. The van der Waals surface area contributed by atoms with Crippen LogP contribution in [0.1, 0.15) is 6.42 Å². The molecule has 2 nitrogen and oxygen atoms in total. The number of pyridine rings is 1. The quantitative estimate of drug-likeness (QED) is 0.825. The summed E-state index contributed by atoms with van der Waals surface area (Å²) in [5, 5.41) is 0. The van der Waals surface area contributed by atoms with Crippen LogP contribution in [-0.2, 0) is 0 Å². The fourth-order valence-electron chi connectivity index (χ4n) is 0.772. The van der Waals surface area contributed by atoms with Crippen LogP contribution >= 0.6 is 31.9 Å². The molecule has 0 saturated heterocycles. The highest BCUT2D eigenvalue weighted by molar-refractivity contribution is 9.11. The predicted octanol–water partition coefficient (Wildman–Crippen LogP) is 3.94. The van der Waals surface area contributed by atoms with Crippen molar-refractivity contribution >= 4 is 31.9 Å². The molecule has 0 bridgehead atoms. The Kier molecular flexibility index (Phi) is 4.39. The highest BCUT2D eigenvalue weighted by Crippen LogP contribution is 2.26. The van der Waals surface area contributed by atoms with Crippen molar-refractivity contribution in [1.82, 2.24) is 4.98 Å². The van der Waals surface area contributed by atoms with Gasteiger partial charge in [-0.1, -0.05) is 0 Å². The van der Waals surface area contributed by atoms with E-state index >= 15 is 0 Å². The highest BCUT2D eigenvalue weighted by atomic mass is 79.9. The van der Waals surface area contributed by atoms with Gasteiger partial charge in [0.25, 0.3) is 0 Å². The molecule has 1 rings (SSSR count). The van der Waals surface area contributed by atoms with E-state index in [4.69, 9.17) is 4.74 Å². The molecular weight excluding hydrogens is 343 g/mol. The van der Waals surface area contributed by atoms with Gasteiger partial charge >= 0.3 is 6.18 Å². The summed E-state index contributed by atoms with van der Waals surface area (Å²) in [6, 6.07) is 1.65. The number of ether oxygens (including phenoxy) is 1. The summed E-state index contributed by atoms with van der Waals surface area (Å²) >= 11 is 6.30. The summed E-state index contributed by atoms with van der Waals surface area (Å²) in [7, 11) is 0. The first-order chi connectivity index (χ1) is 6.88. The van der Waals surface area contributed by atoms with Crippen molar-refractivity contribution in [3.05, 3.63) is 21.2 Å². The number of halogens is 5. The lowest BCUT2D eigenvalue weighted by atomic mass is 10.4. The average molecular weight is 349 g/mol. The van der Waals surface area contributed by atoms with Crippen molar-refractivity contribution in [2.75, 3.05) is 6.61 Å². The van der Waals surface area contributed by atoms with Crippen LogP contribution < -0.4 is 4.74 Å². The summed E-state index contributed by atoms with van der Waals surface area (Å²) in [5.41, 5.74) is 0. The number of hydrogen-bond acceptors (Lipinski definition) is 2. The molecule has 0 saturated carbocycles. The Morgan fingerprint density at radius 1 is 1.33 bits per heavy atom. The molecule has 0 fully saturated rings. The van der Waals surface area contributed by atoms with Gasteiger partial charge in [0.1, 0.15) is 0 Å². The van der Waals surface area contributed by atoms with Crippen molar-refractivity contribution < 1.29 is 17.9 Å². The zero-order valence-corrected chi connectivity index (χ0v) is 10.5. The SMILES string of the molecule is FC(F)(F)CCOc1ncc(Br)cc1Br. The predicted molar refractivity (Wildman–Crippen MR) is 55.8 cm³/mol. The fourth-order valence-corrected chi connectivity index (χ4v) is 1.87. The molecule has 0 spiro atoms. The molecule has 7 heteroatoms. The molecule has 84 valence electrons. The number of hydrogen-bond donors (Lipinski definition) is 0. The number of nitrogens with zero attached hydrogens (tertiary/aromatic N) is 1. The van der Waals surface area contributed by atoms with Crippen molar-refractivity contribution in [1.29, 1.82) is 0 Å². The van der Waals surface area contributed by atoms with Crippen LogP contribution in [0.15, 0.2) is 21.2 Å². The van der Waals surface area contributed by atoms with Crippen molar-refractivity contribution in [3.8, 4) is 5.88 Å². The number of alkyl halides is 3. The van der Waals surface area contributed by atoms with Crippen LogP contribution in [-0.4, -0.2) is 17.8 Å². The molecule has 1 aromatic heterocycles. The summed E-state index contributed by atoms with van der Waals surface area (Å²) in [5.74, 6) is 0.155. The zero-order valence-electron chi connectivity index (χ0n) is 7.31. The lowest BCUT2D eigenvalue weighted by Gasteiger charge is -2.08. The molecule has 0 radical (unpaired) electrons. The Hall–Kier alpha value is -0.300. The van der Waals surface area contributed by atoms with Crippen LogP contribution in [0.5, 0.6) is 5.88 Å². The van der Waals surface area contributed by atoms with Gasteiger partial charge < -0.3 is 4.74 Å². The average Bonchev–Trinajstić information content (AvgIpc) is 2.07. The highest BCUT2D eigenvalue weighted by Gasteiger charge is 2.27. The van der Waals surface area contributed by atoms with Gasteiger partial charge in [-0.2, -0.15) is 13.2 Å². The van der Waals surface area contributed by atoms with E-state index in [0.717, 1.165) is 4.47 Å². The Morgan fingerprint density at radius 3 is 2.53 bits per heavy atom. The Morgan fingerprint density at radius 2 is 2.00 bits per heavy atom. The normalized spacial score (nSPS) is 11.5. The Labute approximate surface area is 101 Å². The van der Waals surface area contributed by atoms with Gasteiger partial charge in [-0.05, 0) is 37.9 Å². The van der Waals surface area contributed by atoms with E-state index in [1.165, 1.54) is 6.20 Å². The molecular formula is C8H6Br2F3NO. The van der Waals surface area contributed by atoms with Gasteiger partial charge in [-0.25, -0.2) is 4.98 Å². The number of aromatic nitrogens is 1. The molecule has 0 atom stereocenters. The third-order valence-corrected chi connectivity index (χ3v) is 2.40. The van der Waals surface area contributed by atoms with Gasteiger partial charge in [0.2, 0.25) is 5.88 Å². The van der Waals surface area contributed by atoms with Crippen LogP contribution in [0.2, 0.25) is 0 Å². The van der Waals surface area contributed by atoms with Crippen molar-refractivity contribution in [2.24, 2.45) is 0 Å². The molecule has 0 aromatic carbocycles. The molecule has 1 heterocycles. The maximum Gasteiger partial charge on any atom is 0.392 e. The second-order valence-corrected chi connectivity index (χ2v) is 4.42. The summed E-state index contributed by atoms with van der Waals surface area (Å²) < 4.78 is 41.5. The second kappa shape index (κ2) is 5.16. The molecule has 0 aliphatic carbocycles. The van der Waals surface area contributed by atoms with Crippen LogP contribution in [0.4, 0.5) is 13.2 Å². The van der Waals surface area contributed by atoms with Crippen LogP contribution in [0, 0.1) is 0 Å². The standard InChI is InChI=1S/C8H6Br2F3NO/c9-5-3-6(10)7(14-4-5)15-2-1-8(11,12)13/h3-4H,1-2H2. The first-order valence-electron chi connectivity index (χ1n) is 3.89. The van der Waals surface area contributed by atoms with E-state index in [1.54, 1.807) is 6.07 Å². The minimum absolute atomic E-state index is 0.155. The molecule has 0 aliphatic rings. The molecule has 15 heavy (non-hydrogen) atoms. The second-order valence-electron chi connectivity index (χ2n) is 2.65. The third kappa shape index (κ3) is 4.83. The van der Waals surface area contributed by atoms with Gasteiger partial charge in [-0.3, -0.25) is 0 Å². The first-order valence-corrected chi connectivity index (χ1v) is 5.48. The summed E-state index contributed by atoms with van der Waals surface area (Å²) in [6.45, 7) is -0.434. The smallest absolute Gasteiger partial charge is 0.392 e. The van der Waals surface area contributed by atoms with Gasteiger partial charge in [0, 0.05) is 10.7 Å². The molecule has 1 aromatic rings. The first kappa shape index (κ1) is 12.8. The van der Waals surface area contributed by atoms with Crippen LogP contribution in [0.25, 0.3) is 0 Å². The molecule has 0 unspecified atom stereocenters. The summed E-state index contributed by atoms with van der Waals surface area (Å²) in [4.78, 5) is 3.81. The summed E-state index contributed by atoms with van der Waals surface area (Å²) in [6.07, 6.45) is -3.74. The van der Waals surface area contributed by atoms with E-state index in [2.05, 4.69) is 36.8 Å². The van der Waals surface area contributed by atoms with E-state index < -0.39 is 19.2 Å². The van der Waals surface area contributed by atoms with Crippen molar-refractivity contribution in [3.63, 3.8) is 0 Å². The molecule has 0 amide bonds. The van der Waals surface area contributed by atoms with E-state index in [1.807, 2.05) is 0 Å². The maximum atomic E-state index is 11.8. The maximum absolute atomic E-state index is 11.8. The van der Waals surface area contributed by atoms with Gasteiger partial charge in [0.15, 0.2) is 0 Å². The molecule has 0 aliphatic heterocycles. The van der Waals surface area contributed by atoms with Gasteiger partial charge in [0.05, 0.1) is 17.5 Å². The Balaban J connectivity index is 2.51. The van der Waals surface area contributed by atoms with E-state index in [-0.39, 0.29) is 5.88 Å². The van der Waals surface area contributed by atoms with E-state index in [0.29, 0.717) is 4.47 Å². The minimum Gasteiger partial charge on any atom is -0.477 e. The number of rotatable bonds is 3. The minimum atomic E-state index is -4.21. The lowest BCUT2D eigenvalue weighted by Crippen LogP contribution is -2.13. The van der Waals surface area contributed by atoms with Crippen LogP contribution in [0.3, 0.4) is 0 Å². The topological polar surface area (TPSA) is 22.1 Å². The monoisotopic (exact) mass is 347 g/mol. The largest absolute Gasteiger partial charge is 0.477 e. The zero-order chi connectivity index (χ0) is 11.5. The van der Waals surface area contributed by atoms with E-state index in [9.17, 15) is 13.2 Å². The molecule has 0 N–H and O–H groups in total. The Bertz CT molecular complexity index is 343. The third-order valence-electron chi connectivity index (χ3n) is 1.40. The van der Waals surface area contributed by atoms with Gasteiger partial charge in [-0.15, -0.1) is 0 Å².